The number of carbonyl (C=O) groups is 1. The van der Waals surface area contributed by atoms with Crippen LogP contribution in [0.1, 0.15) is 12.8 Å². The quantitative estimate of drug-likeness (QED) is 0.836. The molecule has 1 fully saturated rings. The van der Waals surface area contributed by atoms with Gasteiger partial charge in [-0.15, -0.1) is 0 Å². The minimum absolute atomic E-state index is 0.113. The zero-order valence-electron chi connectivity index (χ0n) is 9.93. The van der Waals surface area contributed by atoms with E-state index in [0.717, 1.165) is 19.4 Å². The predicted molar refractivity (Wildman–Crippen MR) is 67.4 cm³/mol. The predicted octanol–water partition coefficient (Wildman–Crippen LogP) is 0.491. The third kappa shape index (κ3) is 3.08. The Morgan fingerprint density at radius 3 is 2.61 bits per heavy atom. The van der Waals surface area contributed by atoms with Crippen molar-refractivity contribution >= 4 is 15.9 Å². The normalized spacial score (nSPS) is 20.3. The summed E-state index contributed by atoms with van der Waals surface area (Å²) in [5.41, 5.74) is 0. The summed E-state index contributed by atoms with van der Waals surface area (Å²) in [7, 11) is -3.74. The Labute approximate surface area is 107 Å². The van der Waals surface area contributed by atoms with Crippen LogP contribution in [0.25, 0.3) is 0 Å². The Bertz CT molecular complexity index is 507. The highest BCUT2D eigenvalue weighted by molar-refractivity contribution is 7.90. The molecule has 0 bridgehead atoms. The summed E-state index contributed by atoms with van der Waals surface area (Å²) in [6.45, 7) is 1.42. The van der Waals surface area contributed by atoms with Gasteiger partial charge in [-0.3, -0.25) is 4.79 Å². The summed E-state index contributed by atoms with van der Waals surface area (Å²) in [5, 5.41) is 3.09. The van der Waals surface area contributed by atoms with Gasteiger partial charge in [-0.1, -0.05) is 18.2 Å². The lowest BCUT2D eigenvalue weighted by molar-refractivity contribution is -0.123. The maximum Gasteiger partial charge on any atom is 0.264 e. The van der Waals surface area contributed by atoms with Crippen molar-refractivity contribution < 1.29 is 13.2 Å². The molecule has 1 unspecified atom stereocenters. The largest absolute Gasteiger partial charge is 0.316 e. The monoisotopic (exact) mass is 268 g/mol. The van der Waals surface area contributed by atoms with Crippen molar-refractivity contribution in [2.75, 3.05) is 13.1 Å². The van der Waals surface area contributed by atoms with Crippen molar-refractivity contribution in [3.8, 4) is 0 Å². The van der Waals surface area contributed by atoms with Gasteiger partial charge in [-0.25, -0.2) is 13.1 Å². The molecule has 2 rings (SSSR count). The number of carbonyl (C=O) groups excluding carboxylic acids is 1. The maximum atomic E-state index is 11.9. The van der Waals surface area contributed by atoms with E-state index in [1.54, 1.807) is 18.2 Å². The number of hydrogen-bond donors (Lipinski definition) is 2. The molecule has 1 heterocycles. The first-order chi connectivity index (χ1) is 8.59. The van der Waals surface area contributed by atoms with E-state index < -0.39 is 15.9 Å². The zero-order valence-corrected chi connectivity index (χ0v) is 10.7. The Kier molecular flexibility index (Phi) is 3.98. The van der Waals surface area contributed by atoms with Crippen molar-refractivity contribution in [3.05, 3.63) is 30.3 Å². The zero-order chi connectivity index (χ0) is 13.0. The third-order valence-electron chi connectivity index (χ3n) is 2.96. The Hall–Kier alpha value is -1.40. The molecule has 1 aliphatic heterocycles. The number of piperidine rings is 1. The average molecular weight is 268 g/mol. The van der Waals surface area contributed by atoms with Gasteiger partial charge in [0.15, 0.2) is 0 Å². The lowest BCUT2D eigenvalue weighted by Crippen LogP contribution is -2.42. The van der Waals surface area contributed by atoms with Crippen LogP contribution in [0.5, 0.6) is 0 Å². The van der Waals surface area contributed by atoms with E-state index in [1.807, 2.05) is 0 Å². The van der Waals surface area contributed by atoms with Crippen LogP contribution in [0.3, 0.4) is 0 Å². The van der Waals surface area contributed by atoms with Crippen LogP contribution < -0.4 is 10.0 Å². The average Bonchev–Trinajstić information content (AvgIpc) is 2.40. The first kappa shape index (κ1) is 13.0. The van der Waals surface area contributed by atoms with Gasteiger partial charge in [0, 0.05) is 6.54 Å². The molecule has 0 spiro atoms. The van der Waals surface area contributed by atoms with Crippen LogP contribution in [0, 0.1) is 5.92 Å². The fourth-order valence-electron chi connectivity index (χ4n) is 1.95. The Balaban J connectivity index is 2.06. The first-order valence-electron chi connectivity index (χ1n) is 5.92. The maximum absolute atomic E-state index is 11.9. The molecule has 1 atom stereocenters. The van der Waals surface area contributed by atoms with Crippen LogP contribution >= 0.6 is 0 Å². The number of hydrogen-bond acceptors (Lipinski definition) is 4. The SMILES string of the molecule is O=C(NS(=O)(=O)c1ccccc1)C1CCCNC1. The highest BCUT2D eigenvalue weighted by atomic mass is 32.2. The molecule has 6 heteroatoms. The fraction of sp³-hybridized carbons (Fsp3) is 0.417. The summed E-state index contributed by atoms with van der Waals surface area (Å²) >= 11 is 0. The second-order valence-corrected chi connectivity index (χ2v) is 6.01. The molecule has 18 heavy (non-hydrogen) atoms. The van der Waals surface area contributed by atoms with Crippen LogP contribution in [0.2, 0.25) is 0 Å². The first-order valence-corrected chi connectivity index (χ1v) is 7.40. The third-order valence-corrected chi connectivity index (χ3v) is 4.32. The molecule has 0 aliphatic carbocycles. The van der Waals surface area contributed by atoms with Crippen molar-refractivity contribution in [1.29, 1.82) is 0 Å². The number of rotatable bonds is 3. The highest BCUT2D eigenvalue weighted by Gasteiger charge is 2.25. The summed E-state index contributed by atoms with van der Waals surface area (Å²) in [6.07, 6.45) is 1.62. The van der Waals surface area contributed by atoms with Crippen molar-refractivity contribution in [1.82, 2.24) is 10.0 Å². The molecule has 2 N–H and O–H groups in total. The molecule has 98 valence electrons. The van der Waals surface area contributed by atoms with E-state index in [-0.39, 0.29) is 10.8 Å². The highest BCUT2D eigenvalue weighted by Crippen LogP contribution is 2.12. The van der Waals surface area contributed by atoms with Crippen LogP contribution in [-0.4, -0.2) is 27.4 Å². The van der Waals surface area contributed by atoms with Gasteiger partial charge in [0.25, 0.3) is 10.0 Å². The molecule has 0 radical (unpaired) electrons. The molecule has 1 saturated heterocycles. The second-order valence-electron chi connectivity index (χ2n) is 4.33. The smallest absolute Gasteiger partial charge is 0.264 e. The van der Waals surface area contributed by atoms with Crippen LogP contribution in [0.15, 0.2) is 35.2 Å². The number of amides is 1. The van der Waals surface area contributed by atoms with Gasteiger partial charge in [0.2, 0.25) is 5.91 Å². The van der Waals surface area contributed by atoms with Gasteiger partial charge in [-0.2, -0.15) is 0 Å². The summed E-state index contributed by atoms with van der Waals surface area (Å²) in [5.74, 6) is -0.691. The summed E-state index contributed by atoms with van der Waals surface area (Å²) < 4.78 is 26.0. The molecule has 1 amide bonds. The van der Waals surface area contributed by atoms with Gasteiger partial charge in [0.05, 0.1) is 10.8 Å². The lowest BCUT2D eigenvalue weighted by Gasteiger charge is -2.21. The number of benzene rings is 1. The molecule has 0 saturated carbocycles. The van der Waals surface area contributed by atoms with Gasteiger partial charge in [0.1, 0.15) is 0 Å². The Morgan fingerprint density at radius 1 is 1.28 bits per heavy atom. The van der Waals surface area contributed by atoms with E-state index in [2.05, 4.69) is 10.0 Å². The van der Waals surface area contributed by atoms with E-state index in [1.165, 1.54) is 12.1 Å². The molecule has 0 aromatic heterocycles. The standard InChI is InChI=1S/C12H16N2O3S/c15-12(10-5-4-8-13-9-10)14-18(16,17)11-6-2-1-3-7-11/h1-3,6-7,10,13H,4-5,8-9H2,(H,14,15). The number of nitrogens with one attached hydrogen (secondary N) is 2. The van der Waals surface area contributed by atoms with Gasteiger partial charge >= 0.3 is 0 Å². The van der Waals surface area contributed by atoms with Crippen molar-refractivity contribution in [2.24, 2.45) is 5.92 Å². The van der Waals surface area contributed by atoms with Gasteiger partial charge < -0.3 is 5.32 Å². The lowest BCUT2D eigenvalue weighted by atomic mass is 9.99. The molecular weight excluding hydrogens is 252 g/mol. The molecule has 5 nitrogen and oxygen atoms in total. The Morgan fingerprint density at radius 2 is 2.00 bits per heavy atom. The minimum atomic E-state index is -3.74. The van der Waals surface area contributed by atoms with Crippen LogP contribution in [-0.2, 0) is 14.8 Å². The van der Waals surface area contributed by atoms with E-state index >= 15 is 0 Å². The minimum Gasteiger partial charge on any atom is -0.316 e. The van der Waals surface area contributed by atoms with Crippen molar-refractivity contribution in [3.63, 3.8) is 0 Å². The van der Waals surface area contributed by atoms with Gasteiger partial charge in [-0.05, 0) is 31.5 Å². The van der Waals surface area contributed by atoms with E-state index in [4.69, 9.17) is 0 Å². The van der Waals surface area contributed by atoms with Crippen LogP contribution in [0.4, 0.5) is 0 Å². The molecule has 1 aromatic carbocycles. The summed E-state index contributed by atoms with van der Waals surface area (Å²) in [6, 6.07) is 7.91. The topological polar surface area (TPSA) is 75.3 Å². The second kappa shape index (κ2) is 5.49. The van der Waals surface area contributed by atoms with Crippen molar-refractivity contribution in [2.45, 2.75) is 17.7 Å². The molecule has 1 aliphatic rings. The fourth-order valence-corrected chi connectivity index (χ4v) is 3.01. The van der Waals surface area contributed by atoms with E-state index in [9.17, 15) is 13.2 Å². The number of sulfonamides is 1. The summed E-state index contributed by atoms with van der Waals surface area (Å²) in [4.78, 5) is 12.0. The van der Waals surface area contributed by atoms with E-state index in [0.29, 0.717) is 6.54 Å². The molecule has 1 aromatic rings. The molecular formula is C12H16N2O3S.